The van der Waals surface area contributed by atoms with Crippen LogP contribution in [0.4, 0.5) is 0 Å². The van der Waals surface area contributed by atoms with Crippen LogP contribution in [-0.4, -0.2) is 62.6 Å². The minimum atomic E-state index is -3.59. The zero-order valence-electron chi connectivity index (χ0n) is 13.0. The number of nitriles is 1. The molecule has 124 valence electrons. The summed E-state index contributed by atoms with van der Waals surface area (Å²) in [5.74, 6) is -1.06. The topological polar surface area (TPSA) is 93.5 Å². The summed E-state index contributed by atoms with van der Waals surface area (Å²) in [5.41, 5.74) is 1.10. The second-order valence-corrected chi connectivity index (χ2v) is 7.33. The Morgan fingerprint density at radius 1 is 1.35 bits per heavy atom. The zero-order valence-corrected chi connectivity index (χ0v) is 13.8. The minimum absolute atomic E-state index is 0.224. The van der Waals surface area contributed by atoms with E-state index in [1.54, 1.807) is 0 Å². The number of carbonyl (C=O) groups excluding carboxylic acids is 1. The van der Waals surface area contributed by atoms with Gasteiger partial charge in [-0.15, -0.1) is 0 Å². The van der Waals surface area contributed by atoms with Gasteiger partial charge < -0.3 is 4.90 Å². The maximum Gasteiger partial charge on any atom is 0.239 e. The molecular formula is C15H20N4O3S. The molecule has 1 aliphatic heterocycles. The Balaban J connectivity index is 1.99. The lowest BCUT2D eigenvalue weighted by molar-refractivity contribution is -0.130. The number of hydrogen-bond donors (Lipinski definition) is 1. The van der Waals surface area contributed by atoms with Crippen molar-refractivity contribution in [1.82, 2.24) is 14.5 Å². The molecule has 1 heterocycles. The molecule has 0 aliphatic carbocycles. The van der Waals surface area contributed by atoms with E-state index < -0.39 is 27.7 Å². The third-order valence-electron chi connectivity index (χ3n) is 3.85. The highest BCUT2D eigenvalue weighted by atomic mass is 32.2. The van der Waals surface area contributed by atoms with Gasteiger partial charge in [0.1, 0.15) is 11.8 Å². The van der Waals surface area contributed by atoms with Gasteiger partial charge in [0.25, 0.3) is 0 Å². The van der Waals surface area contributed by atoms with Crippen molar-refractivity contribution in [3.63, 3.8) is 0 Å². The Labute approximate surface area is 136 Å². The number of sulfonamides is 1. The zero-order chi connectivity index (χ0) is 16.9. The van der Waals surface area contributed by atoms with E-state index in [4.69, 9.17) is 0 Å². The number of amides is 1. The molecule has 0 aromatic heterocycles. The SMILES string of the molecule is CNS(=O)(=O)CC(=O)N1CCN(Cc2ccccc2)[C@@H](C#N)C1. The Morgan fingerprint density at radius 2 is 2.04 bits per heavy atom. The van der Waals surface area contributed by atoms with Crippen molar-refractivity contribution < 1.29 is 13.2 Å². The molecule has 0 radical (unpaired) electrons. The summed E-state index contributed by atoms with van der Waals surface area (Å²) >= 11 is 0. The third-order valence-corrected chi connectivity index (χ3v) is 5.09. The van der Waals surface area contributed by atoms with Crippen molar-refractivity contribution in [3.8, 4) is 6.07 Å². The molecule has 23 heavy (non-hydrogen) atoms. The van der Waals surface area contributed by atoms with Crippen molar-refractivity contribution in [2.24, 2.45) is 0 Å². The highest BCUT2D eigenvalue weighted by Gasteiger charge is 2.31. The number of benzene rings is 1. The molecule has 1 aromatic carbocycles. The summed E-state index contributed by atoms with van der Waals surface area (Å²) in [6, 6.07) is 11.6. The number of nitrogens with one attached hydrogen (secondary N) is 1. The Hall–Kier alpha value is -1.95. The molecule has 0 spiro atoms. The largest absolute Gasteiger partial charge is 0.338 e. The highest BCUT2D eigenvalue weighted by molar-refractivity contribution is 7.90. The molecule has 1 saturated heterocycles. The summed E-state index contributed by atoms with van der Waals surface area (Å²) < 4.78 is 25.1. The van der Waals surface area contributed by atoms with E-state index in [9.17, 15) is 18.5 Å². The molecule has 1 amide bonds. The Kier molecular flexibility index (Phi) is 5.71. The number of rotatable bonds is 5. The third kappa shape index (κ3) is 4.76. The van der Waals surface area contributed by atoms with Crippen LogP contribution in [0.25, 0.3) is 0 Å². The van der Waals surface area contributed by atoms with Crippen LogP contribution in [0.5, 0.6) is 0 Å². The van der Waals surface area contributed by atoms with Gasteiger partial charge in [-0.3, -0.25) is 9.69 Å². The molecule has 1 fully saturated rings. The molecule has 2 rings (SSSR count). The smallest absolute Gasteiger partial charge is 0.239 e. The van der Waals surface area contributed by atoms with Crippen LogP contribution in [0.2, 0.25) is 0 Å². The summed E-state index contributed by atoms with van der Waals surface area (Å²) in [7, 11) is -2.32. The molecular weight excluding hydrogens is 316 g/mol. The summed E-state index contributed by atoms with van der Waals surface area (Å²) in [6.07, 6.45) is 0. The lowest BCUT2D eigenvalue weighted by atomic mass is 10.1. The minimum Gasteiger partial charge on any atom is -0.338 e. The summed E-state index contributed by atoms with van der Waals surface area (Å²) in [5, 5.41) is 9.36. The van der Waals surface area contributed by atoms with Crippen molar-refractivity contribution in [2.75, 3.05) is 32.4 Å². The van der Waals surface area contributed by atoms with Crippen molar-refractivity contribution in [1.29, 1.82) is 5.26 Å². The quantitative estimate of drug-likeness (QED) is 0.802. The van der Waals surface area contributed by atoms with Crippen LogP contribution in [-0.2, 0) is 21.4 Å². The number of nitrogens with zero attached hydrogens (tertiary/aromatic N) is 3. The molecule has 0 bridgehead atoms. The first-order valence-electron chi connectivity index (χ1n) is 7.32. The normalized spacial score (nSPS) is 19.3. The first kappa shape index (κ1) is 17.4. The summed E-state index contributed by atoms with van der Waals surface area (Å²) in [6.45, 7) is 1.82. The van der Waals surface area contributed by atoms with Crippen molar-refractivity contribution in [2.45, 2.75) is 12.6 Å². The van der Waals surface area contributed by atoms with E-state index >= 15 is 0 Å². The van der Waals surface area contributed by atoms with Crippen LogP contribution in [0.1, 0.15) is 5.56 Å². The van der Waals surface area contributed by atoms with Gasteiger partial charge in [0.05, 0.1) is 6.07 Å². The molecule has 1 atom stereocenters. The van der Waals surface area contributed by atoms with E-state index in [2.05, 4.69) is 10.8 Å². The fourth-order valence-corrected chi connectivity index (χ4v) is 3.15. The molecule has 1 aromatic rings. The van der Waals surface area contributed by atoms with Crippen molar-refractivity contribution >= 4 is 15.9 Å². The molecule has 1 aliphatic rings. The molecule has 1 N–H and O–H groups in total. The van der Waals surface area contributed by atoms with Crippen LogP contribution >= 0.6 is 0 Å². The monoisotopic (exact) mass is 336 g/mol. The van der Waals surface area contributed by atoms with Gasteiger partial charge in [-0.1, -0.05) is 30.3 Å². The number of carbonyl (C=O) groups is 1. The van der Waals surface area contributed by atoms with Gasteiger partial charge in [-0.05, 0) is 12.6 Å². The van der Waals surface area contributed by atoms with Crippen LogP contribution in [0, 0.1) is 11.3 Å². The van der Waals surface area contributed by atoms with E-state index in [0.717, 1.165) is 5.56 Å². The van der Waals surface area contributed by atoms with E-state index in [-0.39, 0.29) is 6.54 Å². The van der Waals surface area contributed by atoms with E-state index in [1.807, 2.05) is 35.2 Å². The maximum atomic E-state index is 12.1. The first-order valence-corrected chi connectivity index (χ1v) is 8.97. The molecule has 0 saturated carbocycles. The Morgan fingerprint density at radius 3 is 2.65 bits per heavy atom. The number of piperazine rings is 1. The van der Waals surface area contributed by atoms with Gasteiger partial charge in [-0.25, -0.2) is 13.1 Å². The fourth-order valence-electron chi connectivity index (χ4n) is 2.50. The predicted molar refractivity (Wildman–Crippen MR) is 85.7 cm³/mol. The fraction of sp³-hybridized carbons (Fsp3) is 0.467. The van der Waals surface area contributed by atoms with Gasteiger partial charge in [0.2, 0.25) is 15.9 Å². The van der Waals surface area contributed by atoms with Crippen LogP contribution in [0.3, 0.4) is 0 Å². The van der Waals surface area contributed by atoms with Gasteiger partial charge >= 0.3 is 0 Å². The van der Waals surface area contributed by atoms with E-state index in [1.165, 1.54) is 11.9 Å². The Bertz CT molecular complexity index is 684. The maximum absolute atomic E-state index is 12.1. The second kappa shape index (κ2) is 7.55. The lowest BCUT2D eigenvalue weighted by Crippen LogP contribution is -2.55. The van der Waals surface area contributed by atoms with Gasteiger partial charge in [-0.2, -0.15) is 5.26 Å². The van der Waals surface area contributed by atoms with Crippen LogP contribution < -0.4 is 4.72 Å². The van der Waals surface area contributed by atoms with Gasteiger partial charge in [0.15, 0.2) is 0 Å². The lowest BCUT2D eigenvalue weighted by Gasteiger charge is -2.38. The van der Waals surface area contributed by atoms with Crippen LogP contribution in [0.15, 0.2) is 30.3 Å². The molecule has 0 unspecified atom stereocenters. The first-order chi connectivity index (χ1) is 10.9. The van der Waals surface area contributed by atoms with E-state index in [0.29, 0.717) is 19.6 Å². The average Bonchev–Trinajstić information content (AvgIpc) is 2.55. The van der Waals surface area contributed by atoms with Crippen molar-refractivity contribution in [3.05, 3.63) is 35.9 Å². The average molecular weight is 336 g/mol. The highest BCUT2D eigenvalue weighted by Crippen LogP contribution is 2.14. The van der Waals surface area contributed by atoms with Gasteiger partial charge in [0, 0.05) is 26.2 Å². The predicted octanol–water partition coefficient (Wildman–Crippen LogP) is -0.228. The number of hydrogen-bond acceptors (Lipinski definition) is 5. The molecule has 7 nitrogen and oxygen atoms in total. The standard InChI is InChI=1S/C15H20N4O3S/c1-17-23(21,22)12-15(20)19-8-7-18(14(9-16)11-19)10-13-5-3-2-4-6-13/h2-6,14,17H,7-8,10-12H2,1H3/t14-/m0/s1. The molecule has 8 heteroatoms. The second-order valence-electron chi connectivity index (χ2n) is 5.40. The summed E-state index contributed by atoms with van der Waals surface area (Å²) in [4.78, 5) is 15.5.